The van der Waals surface area contributed by atoms with E-state index >= 15 is 0 Å². The first-order chi connectivity index (χ1) is 13.6. The number of hydrogen-bond donors (Lipinski definition) is 1. The van der Waals surface area contributed by atoms with Crippen LogP contribution in [0.15, 0.2) is 41.6 Å². The van der Waals surface area contributed by atoms with Crippen molar-refractivity contribution in [3.05, 3.63) is 52.7 Å². The Morgan fingerprint density at radius 3 is 2.29 bits per heavy atom. The van der Waals surface area contributed by atoms with E-state index in [1.807, 2.05) is 30.3 Å². The fraction of sp³-hybridized carbons (Fsp3) is 0.286. The normalized spacial score (nSPS) is 17.3. The summed E-state index contributed by atoms with van der Waals surface area (Å²) in [4.78, 5) is 12.5. The predicted octanol–water partition coefficient (Wildman–Crippen LogP) is 3.09. The summed E-state index contributed by atoms with van der Waals surface area (Å²) in [6.45, 7) is 0.214. The summed E-state index contributed by atoms with van der Waals surface area (Å²) >= 11 is 0. The fourth-order valence-corrected chi connectivity index (χ4v) is 3.77. The lowest BCUT2D eigenvalue weighted by Gasteiger charge is -2.28. The van der Waals surface area contributed by atoms with Crippen LogP contribution >= 0.6 is 0 Å². The molecule has 0 spiro atoms. The van der Waals surface area contributed by atoms with Gasteiger partial charge in [-0.15, -0.1) is 0 Å². The molecule has 7 nitrogen and oxygen atoms in total. The van der Waals surface area contributed by atoms with Crippen molar-refractivity contribution in [2.24, 2.45) is 0 Å². The largest absolute Gasteiger partial charge is 0.497 e. The van der Waals surface area contributed by atoms with E-state index in [0.29, 0.717) is 22.8 Å². The van der Waals surface area contributed by atoms with E-state index in [1.54, 1.807) is 28.4 Å². The van der Waals surface area contributed by atoms with Crippen molar-refractivity contribution in [1.29, 1.82) is 0 Å². The molecular formula is C21H21NO6. The van der Waals surface area contributed by atoms with Gasteiger partial charge < -0.3 is 29.0 Å². The minimum atomic E-state index is -0.333. The minimum absolute atomic E-state index is 0.214. The van der Waals surface area contributed by atoms with Gasteiger partial charge in [0.25, 0.3) is 0 Å². The topological polar surface area (TPSA) is 75.3 Å². The molecule has 0 amide bonds. The minimum Gasteiger partial charge on any atom is -0.497 e. The van der Waals surface area contributed by atoms with Gasteiger partial charge in [0.2, 0.25) is 5.75 Å². The number of ether oxygens (including phenoxy) is 5. The Labute approximate surface area is 162 Å². The van der Waals surface area contributed by atoms with Gasteiger partial charge in [0, 0.05) is 17.7 Å². The molecule has 1 atom stereocenters. The maximum atomic E-state index is 12.5. The number of esters is 1. The number of nitrogens with one attached hydrogen (secondary N) is 1. The molecule has 0 unspecified atom stereocenters. The summed E-state index contributed by atoms with van der Waals surface area (Å²) < 4.78 is 27.1. The highest BCUT2D eigenvalue weighted by atomic mass is 16.5. The lowest BCUT2D eigenvalue weighted by molar-refractivity contribution is -0.136. The Bertz CT molecular complexity index is 956. The SMILES string of the molecule is COc1ccc2c(c1)NC1=C(C(=O)OC1)[C@@H]2c1cc(OC)c(OC)c(OC)c1. The Kier molecular flexibility index (Phi) is 4.50. The average molecular weight is 383 g/mol. The van der Waals surface area contributed by atoms with E-state index < -0.39 is 0 Å². The molecule has 0 saturated heterocycles. The zero-order valence-corrected chi connectivity index (χ0v) is 16.1. The number of anilines is 1. The molecule has 0 aliphatic carbocycles. The highest BCUT2D eigenvalue weighted by Crippen LogP contribution is 2.48. The van der Waals surface area contributed by atoms with Gasteiger partial charge in [-0.3, -0.25) is 0 Å². The molecule has 2 aromatic carbocycles. The summed E-state index contributed by atoms with van der Waals surface area (Å²) in [7, 11) is 6.31. The molecule has 2 heterocycles. The highest BCUT2D eigenvalue weighted by molar-refractivity contribution is 5.97. The van der Waals surface area contributed by atoms with Crippen molar-refractivity contribution >= 4 is 11.7 Å². The van der Waals surface area contributed by atoms with Crippen LogP contribution in [0, 0.1) is 0 Å². The number of methoxy groups -OCH3 is 4. The first-order valence-electron chi connectivity index (χ1n) is 8.76. The van der Waals surface area contributed by atoms with Crippen LogP contribution < -0.4 is 24.3 Å². The smallest absolute Gasteiger partial charge is 0.337 e. The second-order valence-corrected chi connectivity index (χ2v) is 6.44. The Morgan fingerprint density at radius 2 is 1.68 bits per heavy atom. The molecule has 2 aliphatic heterocycles. The molecular weight excluding hydrogens is 362 g/mol. The highest BCUT2D eigenvalue weighted by Gasteiger charge is 2.39. The molecule has 28 heavy (non-hydrogen) atoms. The zero-order valence-electron chi connectivity index (χ0n) is 16.1. The van der Waals surface area contributed by atoms with Crippen molar-refractivity contribution in [3.63, 3.8) is 0 Å². The standard InChI is InChI=1S/C21H21NO6/c1-24-12-5-6-13-14(9-12)22-15-10-28-21(23)19(15)18(13)11-7-16(25-2)20(27-4)17(8-11)26-3/h5-9,18,22H,10H2,1-4H3/t18-/m1/s1. The molecule has 0 aromatic heterocycles. The van der Waals surface area contributed by atoms with E-state index in [1.165, 1.54) is 0 Å². The molecule has 2 aromatic rings. The van der Waals surface area contributed by atoms with Gasteiger partial charge in [0.1, 0.15) is 12.4 Å². The summed E-state index contributed by atoms with van der Waals surface area (Å²) in [5.74, 6) is 1.62. The first kappa shape index (κ1) is 18.0. The molecule has 146 valence electrons. The van der Waals surface area contributed by atoms with Crippen LogP contribution in [0.1, 0.15) is 17.0 Å². The van der Waals surface area contributed by atoms with Gasteiger partial charge in [-0.05, 0) is 29.3 Å². The summed E-state index contributed by atoms with van der Waals surface area (Å²) in [6.07, 6.45) is 0. The zero-order chi connectivity index (χ0) is 19.8. The van der Waals surface area contributed by atoms with Crippen LogP contribution in [0.2, 0.25) is 0 Å². The average Bonchev–Trinajstić information content (AvgIpc) is 3.10. The van der Waals surface area contributed by atoms with Gasteiger partial charge in [-0.25, -0.2) is 4.79 Å². The molecule has 0 bridgehead atoms. The van der Waals surface area contributed by atoms with Crippen LogP contribution in [0.25, 0.3) is 0 Å². The number of cyclic esters (lactones) is 1. The van der Waals surface area contributed by atoms with E-state index in [4.69, 9.17) is 23.7 Å². The third kappa shape index (κ3) is 2.70. The number of carbonyl (C=O) groups is 1. The van der Waals surface area contributed by atoms with Gasteiger partial charge in [0.15, 0.2) is 11.5 Å². The lowest BCUT2D eigenvalue weighted by atomic mass is 9.81. The van der Waals surface area contributed by atoms with E-state index in [0.717, 1.165) is 28.3 Å². The van der Waals surface area contributed by atoms with Crippen LogP contribution in [0.5, 0.6) is 23.0 Å². The van der Waals surface area contributed by atoms with Crippen molar-refractivity contribution in [3.8, 4) is 23.0 Å². The van der Waals surface area contributed by atoms with E-state index in [9.17, 15) is 4.79 Å². The molecule has 4 rings (SSSR count). The molecule has 1 N–H and O–H groups in total. The van der Waals surface area contributed by atoms with Gasteiger partial charge in [0.05, 0.1) is 39.7 Å². The van der Waals surface area contributed by atoms with Crippen molar-refractivity contribution < 1.29 is 28.5 Å². The van der Waals surface area contributed by atoms with E-state index in [2.05, 4.69) is 5.32 Å². The van der Waals surface area contributed by atoms with Crippen molar-refractivity contribution in [2.75, 3.05) is 40.4 Å². The third-order valence-corrected chi connectivity index (χ3v) is 5.06. The Morgan fingerprint density at radius 1 is 0.964 bits per heavy atom. The fourth-order valence-electron chi connectivity index (χ4n) is 3.77. The quantitative estimate of drug-likeness (QED) is 0.795. The summed E-state index contributed by atoms with van der Waals surface area (Å²) in [5.41, 5.74) is 3.99. The second kappa shape index (κ2) is 6.99. The van der Waals surface area contributed by atoms with Crippen LogP contribution in [-0.2, 0) is 9.53 Å². The van der Waals surface area contributed by atoms with Crippen LogP contribution in [0.4, 0.5) is 5.69 Å². The van der Waals surface area contributed by atoms with Crippen LogP contribution in [0.3, 0.4) is 0 Å². The summed E-state index contributed by atoms with van der Waals surface area (Å²) in [6, 6.07) is 9.46. The number of fused-ring (bicyclic) bond motifs is 1. The first-order valence-corrected chi connectivity index (χ1v) is 8.76. The van der Waals surface area contributed by atoms with Crippen molar-refractivity contribution in [2.45, 2.75) is 5.92 Å². The lowest BCUT2D eigenvalue weighted by Crippen LogP contribution is -2.20. The molecule has 0 radical (unpaired) electrons. The molecule has 2 aliphatic rings. The number of benzene rings is 2. The predicted molar refractivity (Wildman–Crippen MR) is 103 cm³/mol. The number of hydrogen-bond acceptors (Lipinski definition) is 7. The van der Waals surface area contributed by atoms with Gasteiger partial charge >= 0.3 is 5.97 Å². The maximum absolute atomic E-state index is 12.5. The number of carbonyl (C=O) groups excluding carboxylic acids is 1. The van der Waals surface area contributed by atoms with Crippen molar-refractivity contribution in [1.82, 2.24) is 0 Å². The van der Waals surface area contributed by atoms with Crippen LogP contribution in [-0.4, -0.2) is 41.0 Å². The van der Waals surface area contributed by atoms with Gasteiger partial charge in [-0.1, -0.05) is 6.07 Å². The second-order valence-electron chi connectivity index (χ2n) is 6.44. The Balaban J connectivity index is 1.94. The third-order valence-electron chi connectivity index (χ3n) is 5.06. The molecule has 0 fully saturated rings. The van der Waals surface area contributed by atoms with E-state index in [-0.39, 0.29) is 18.5 Å². The number of rotatable bonds is 5. The monoisotopic (exact) mass is 383 g/mol. The maximum Gasteiger partial charge on any atom is 0.337 e. The molecule has 0 saturated carbocycles. The summed E-state index contributed by atoms with van der Waals surface area (Å²) in [5, 5.41) is 3.31. The Hall–Kier alpha value is -3.35. The molecule has 7 heteroatoms. The van der Waals surface area contributed by atoms with Gasteiger partial charge in [-0.2, -0.15) is 0 Å².